The highest BCUT2D eigenvalue weighted by Gasteiger charge is 2.11. The Morgan fingerprint density at radius 3 is 1.91 bits per heavy atom. The minimum absolute atomic E-state index is 1.21. The van der Waals surface area contributed by atoms with E-state index >= 15 is 0 Å². The van der Waals surface area contributed by atoms with Crippen molar-refractivity contribution in [3.63, 3.8) is 0 Å². The molecule has 0 N–H and O–H groups in total. The van der Waals surface area contributed by atoms with E-state index in [1.807, 2.05) is 22.7 Å². The predicted octanol–water partition coefficient (Wildman–Crippen LogP) is 11.2. The van der Waals surface area contributed by atoms with Crippen LogP contribution in [0.1, 0.15) is 63.9 Å². The number of halogens is 1. The average molecular weight is 583 g/mol. The van der Waals surface area contributed by atoms with Gasteiger partial charge in [0.15, 0.2) is 0 Å². The number of rotatable bonds is 10. The number of benzene rings is 3. The average Bonchev–Trinajstić information content (AvgIpc) is 3.44. The van der Waals surface area contributed by atoms with Crippen LogP contribution in [0.2, 0.25) is 0 Å². The quantitative estimate of drug-likeness (QED) is 0.114. The van der Waals surface area contributed by atoms with Gasteiger partial charge in [0, 0.05) is 25.0 Å². The second-order valence-corrected chi connectivity index (χ2v) is 13.2. The molecule has 0 nitrogen and oxygen atoms in total. The molecule has 2 aromatic heterocycles. The highest BCUT2D eigenvalue weighted by molar-refractivity contribution is 14.1. The van der Waals surface area contributed by atoms with Gasteiger partial charge in [-0.25, -0.2) is 0 Å². The third kappa shape index (κ3) is 5.31. The lowest BCUT2D eigenvalue weighted by molar-refractivity contribution is 0.575. The van der Waals surface area contributed by atoms with Crippen LogP contribution >= 0.6 is 45.3 Å². The van der Waals surface area contributed by atoms with Gasteiger partial charge in [0.25, 0.3) is 0 Å². The summed E-state index contributed by atoms with van der Waals surface area (Å²) in [7, 11) is 0. The summed E-state index contributed by atoms with van der Waals surface area (Å²) in [5, 5.41) is 5.53. The van der Waals surface area contributed by atoms with Gasteiger partial charge in [-0.3, -0.25) is 0 Å². The Morgan fingerprint density at radius 2 is 1.21 bits per heavy atom. The number of aryl methyl sites for hydroxylation is 1. The van der Waals surface area contributed by atoms with E-state index in [0.29, 0.717) is 0 Å². The van der Waals surface area contributed by atoms with Crippen molar-refractivity contribution in [1.29, 1.82) is 0 Å². The van der Waals surface area contributed by atoms with Crippen LogP contribution in [0.3, 0.4) is 0 Å². The van der Waals surface area contributed by atoms with Crippen LogP contribution in [0.15, 0.2) is 60.7 Å². The summed E-state index contributed by atoms with van der Waals surface area (Å²) in [5.41, 5.74) is 2.82. The topological polar surface area (TPSA) is 0 Å². The molecule has 33 heavy (non-hydrogen) atoms. The van der Waals surface area contributed by atoms with E-state index in [2.05, 4.69) is 90.2 Å². The molecule has 0 fully saturated rings. The molecule has 0 saturated carbocycles. The van der Waals surface area contributed by atoms with Crippen molar-refractivity contribution in [3.8, 4) is 10.4 Å². The third-order valence-corrected chi connectivity index (χ3v) is 9.73. The molecule has 3 heteroatoms. The molecule has 0 bridgehead atoms. The van der Waals surface area contributed by atoms with Gasteiger partial charge in [-0.2, -0.15) is 0 Å². The predicted molar refractivity (Wildman–Crippen MR) is 159 cm³/mol. The molecule has 2 heterocycles. The van der Waals surface area contributed by atoms with Gasteiger partial charge >= 0.3 is 0 Å². The molecule has 0 atom stereocenters. The molecular formula is C30H31IS2. The maximum Gasteiger partial charge on any atom is 0.0666 e. The molecule has 5 aromatic rings. The summed E-state index contributed by atoms with van der Waals surface area (Å²) < 4.78 is 4.12. The first-order chi connectivity index (χ1) is 16.2. The van der Waals surface area contributed by atoms with Crippen molar-refractivity contribution in [2.75, 3.05) is 0 Å². The Labute approximate surface area is 219 Å². The summed E-state index contributed by atoms with van der Waals surface area (Å²) in [5.74, 6) is 0. The molecule has 0 unspecified atom stereocenters. The van der Waals surface area contributed by atoms with E-state index < -0.39 is 0 Å². The Hall–Kier alpha value is -1.43. The highest BCUT2D eigenvalue weighted by atomic mass is 127. The van der Waals surface area contributed by atoms with Gasteiger partial charge in [0.1, 0.15) is 0 Å². The first-order valence-electron chi connectivity index (χ1n) is 12.4. The van der Waals surface area contributed by atoms with Crippen LogP contribution in [-0.4, -0.2) is 0 Å². The molecule has 0 aliphatic heterocycles. The van der Waals surface area contributed by atoms with E-state index in [4.69, 9.17) is 0 Å². The highest BCUT2D eigenvalue weighted by Crippen LogP contribution is 2.40. The van der Waals surface area contributed by atoms with E-state index in [1.165, 1.54) is 108 Å². The van der Waals surface area contributed by atoms with Crippen molar-refractivity contribution >= 4 is 76.2 Å². The first kappa shape index (κ1) is 23.3. The van der Waals surface area contributed by atoms with Crippen molar-refractivity contribution in [2.45, 2.75) is 64.7 Å². The molecule has 0 aliphatic rings. The minimum Gasteiger partial charge on any atom is -0.135 e. The minimum atomic E-state index is 1.21. The molecular weight excluding hydrogens is 551 g/mol. The van der Waals surface area contributed by atoms with Crippen LogP contribution in [0.5, 0.6) is 0 Å². The second kappa shape index (κ2) is 10.9. The van der Waals surface area contributed by atoms with Gasteiger partial charge in [-0.1, -0.05) is 88.3 Å². The number of unbranched alkanes of at least 4 members (excludes halogenated alkanes) is 7. The van der Waals surface area contributed by atoms with E-state index in [-0.39, 0.29) is 0 Å². The van der Waals surface area contributed by atoms with Crippen LogP contribution in [0.4, 0.5) is 0 Å². The molecule has 0 radical (unpaired) electrons. The number of thiophene rings is 2. The van der Waals surface area contributed by atoms with Gasteiger partial charge in [0.05, 0.1) is 2.88 Å². The van der Waals surface area contributed by atoms with Crippen molar-refractivity contribution in [3.05, 3.63) is 69.1 Å². The smallest absolute Gasteiger partial charge is 0.0666 e. The summed E-state index contributed by atoms with van der Waals surface area (Å²) in [6.07, 6.45) is 12.3. The lowest BCUT2D eigenvalue weighted by Crippen LogP contribution is -1.86. The lowest BCUT2D eigenvalue weighted by Gasteiger charge is -2.04. The van der Waals surface area contributed by atoms with E-state index in [9.17, 15) is 0 Å². The van der Waals surface area contributed by atoms with E-state index in [1.54, 1.807) is 0 Å². The largest absolute Gasteiger partial charge is 0.135 e. The molecule has 170 valence electrons. The van der Waals surface area contributed by atoms with Crippen LogP contribution in [-0.2, 0) is 6.42 Å². The number of fused-ring (bicyclic) bond motifs is 5. The fraction of sp³-hybridized carbons (Fsp3) is 0.333. The summed E-state index contributed by atoms with van der Waals surface area (Å²) >= 11 is 6.23. The van der Waals surface area contributed by atoms with Crippen molar-refractivity contribution in [1.82, 2.24) is 0 Å². The van der Waals surface area contributed by atoms with Crippen molar-refractivity contribution < 1.29 is 0 Å². The zero-order valence-electron chi connectivity index (χ0n) is 19.3. The van der Waals surface area contributed by atoms with Gasteiger partial charge in [0.2, 0.25) is 0 Å². The zero-order chi connectivity index (χ0) is 22.6. The molecule has 0 saturated heterocycles. The van der Waals surface area contributed by atoms with E-state index in [0.717, 1.165) is 0 Å². The van der Waals surface area contributed by atoms with Crippen LogP contribution in [0.25, 0.3) is 41.4 Å². The van der Waals surface area contributed by atoms with Gasteiger partial charge in [-0.05, 0) is 81.6 Å². The van der Waals surface area contributed by atoms with Crippen LogP contribution in [0, 0.1) is 2.88 Å². The lowest BCUT2D eigenvalue weighted by atomic mass is 10.0. The Kier molecular flexibility index (Phi) is 7.69. The molecule has 0 aliphatic carbocycles. The fourth-order valence-electron chi connectivity index (χ4n) is 4.86. The SMILES string of the molecule is CCCCCCCCCCc1ccc(-c2cc3c(ccc4c5cc(I)sc5ccc34)s2)cc1. The fourth-order valence-corrected chi connectivity index (χ4v) is 7.76. The maximum absolute atomic E-state index is 2.44. The van der Waals surface area contributed by atoms with Crippen LogP contribution < -0.4 is 0 Å². The first-order valence-corrected chi connectivity index (χ1v) is 15.1. The monoisotopic (exact) mass is 582 g/mol. The molecule has 0 spiro atoms. The molecule has 3 aromatic carbocycles. The molecule has 5 rings (SSSR count). The van der Waals surface area contributed by atoms with Gasteiger partial charge < -0.3 is 0 Å². The normalized spacial score (nSPS) is 11.8. The Bertz CT molecular complexity index is 1360. The van der Waals surface area contributed by atoms with Crippen molar-refractivity contribution in [2.24, 2.45) is 0 Å². The number of hydrogen-bond donors (Lipinski definition) is 0. The molecule has 0 amide bonds. The summed E-state index contributed by atoms with van der Waals surface area (Å²) in [6.45, 7) is 2.29. The third-order valence-electron chi connectivity index (χ3n) is 6.72. The Balaban J connectivity index is 1.27. The maximum atomic E-state index is 2.44. The summed E-state index contributed by atoms with van der Waals surface area (Å²) in [4.78, 5) is 1.37. The Morgan fingerprint density at radius 1 is 0.606 bits per heavy atom. The van der Waals surface area contributed by atoms with Gasteiger partial charge in [-0.15, -0.1) is 22.7 Å². The standard InChI is InChI=1S/C30H31IS2/c1-2-3-4-5-6-7-8-9-10-21-11-13-22(14-12-21)29-19-25-23-16-18-28-26(20-30(31)33-28)24(23)15-17-27(25)32-29/h11-20H,2-10H2,1H3. The summed E-state index contributed by atoms with van der Waals surface area (Å²) in [6, 6.07) is 23.3. The second-order valence-electron chi connectivity index (χ2n) is 9.13. The number of hydrogen-bond acceptors (Lipinski definition) is 2. The zero-order valence-corrected chi connectivity index (χ0v) is 23.1.